The normalized spacial score (nSPS) is 14.0. The molecule has 200 valence electrons. The third-order valence-electron chi connectivity index (χ3n) is 7.88. The summed E-state index contributed by atoms with van der Waals surface area (Å²) in [7, 11) is 0. The van der Waals surface area contributed by atoms with Crippen LogP contribution in [0.1, 0.15) is 47.6 Å². The first-order chi connectivity index (χ1) is 18.9. The number of benzene rings is 3. The largest absolute Gasteiger partial charge is 0.372 e. The van der Waals surface area contributed by atoms with Crippen LogP contribution < -0.4 is 5.32 Å². The van der Waals surface area contributed by atoms with E-state index >= 15 is 4.39 Å². The number of hydrogen-bond donors (Lipinski definition) is 1. The molecule has 1 N–H and O–H groups in total. The number of halogens is 1. The SMILES string of the molecule is C=CC(=C)N1CCC(Cc2cc3c(Nc4ccc(Cc5cccc(C)c5)cc4F)ncnc3cc2CC)CC1. The van der Waals surface area contributed by atoms with E-state index in [0.717, 1.165) is 60.9 Å². The van der Waals surface area contributed by atoms with Crippen LogP contribution >= 0.6 is 0 Å². The molecule has 0 spiro atoms. The van der Waals surface area contributed by atoms with Crippen molar-refractivity contribution in [3.05, 3.63) is 119 Å². The fourth-order valence-electron chi connectivity index (χ4n) is 5.63. The Morgan fingerprint density at radius 1 is 1.05 bits per heavy atom. The topological polar surface area (TPSA) is 41.0 Å². The molecule has 1 aromatic heterocycles. The van der Waals surface area contributed by atoms with Gasteiger partial charge in [0.2, 0.25) is 0 Å². The lowest BCUT2D eigenvalue weighted by Crippen LogP contribution is -2.33. The zero-order chi connectivity index (χ0) is 27.4. The van der Waals surface area contributed by atoms with Gasteiger partial charge in [0.25, 0.3) is 0 Å². The highest BCUT2D eigenvalue weighted by molar-refractivity contribution is 5.91. The summed E-state index contributed by atoms with van der Waals surface area (Å²) in [5, 5.41) is 4.18. The second kappa shape index (κ2) is 11.8. The van der Waals surface area contributed by atoms with E-state index in [9.17, 15) is 0 Å². The number of likely N-dealkylation sites (tertiary alicyclic amines) is 1. The van der Waals surface area contributed by atoms with Crippen molar-refractivity contribution < 1.29 is 4.39 Å². The molecule has 1 saturated heterocycles. The zero-order valence-electron chi connectivity index (χ0n) is 23.0. The molecule has 4 nitrogen and oxygen atoms in total. The Morgan fingerprint density at radius 3 is 2.56 bits per heavy atom. The van der Waals surface area contributed by atoms with E-state index in [0.29, 0.717) is 23.8 Å². The Bertz CT molecular complexity index is 1500. The molecule has 2 heterocycles. The maximum atomic E-state index is 15.2. The minimum atomic E-state index is -0.287. The molecule has 5 heteroatoms. The van der Waals surface area contributed by atoms with Crippen LogP contribution in [0.25, 0.3) is 10.9 Å². The number of aryl methyl sites for hydroxylation is 2. The molecule has 0 amide bonds. The summed E-state index contributed by atoms with van der Waals surface area (Å²) in [5.74, 6) is 0.956. The Morgan fingerprint density at radius 2 is 1.85 bits per heavy atom. The van der Waals surface area contributed by atoms with E-state index < -0.39 is 0 Å². The molecular formula is C34H37FN4. The molecule has 0 atom stereocenters. The third kappa shape index (κ3) is 6.19. The lowest BCUT2D eigenvalue weighted by Gasteiger charge is -2.34. The van der Waals surface area contributed by atoms with E-state index in [1.165, 1.54) is 22.3 Å². The van der Waals surface area contributed by atoms with Crippen LogP contribution in [0.4, 0.5) is 15.9 Å². The van der Waals surface area contributed by atoms with Gasteiger partial charge in [0.15, 0.2) is 0 Å². The smallest absolute Gasteiger partial charge is 0.146 e. The van der Waals surface area contributed by atoms with Crippen molar-refractivity contribution in [1.82, 2.24) is 14.9 Å². The average Bonchev–Trinajstić information content (AvgIpc) is 2.94. The summed E-state index contributed by atoms with van der Waals surface area (Å²) in [5.41, 5.74) is 8.27. The van der Waals surface area contributed by atoms with E-state index in [1.807, 2.05) is 18.2 Å². The van der Waals surface area contributed by atoms with Crippen molar-refractivity contribution in [3.63, 3.8) is 0 Å². The molecule has 4 aromatic rings. The summed E-state index contributed by atoms with van der Waals surface area (Å²) in [6, 6.07) is 18.1. The van der Waals surface area contributed by atoms with Gasteiger partial charge in [0, 0.05) is 24.2 Å². The molecule has 0 saturated carbocycles. The van der Waals surface area contributed by atoms with Gasteiger partial charge in [-0.1, -0.05) is 56.0 Å². The quantitative estimate of drug-likeness (QED) is 0.228. The van der Waals surface area contributed by atoms with E-state index in [4.69, 9.17) is 0 Å². The summed E-state index contributed by atoms with van der Waals surface area (Å²) in [4.78, 5) is 11.4. The number of piperidine rings is 1. The van der Waals surface area contributed by atoms with Crippen LogP contribution in [0.15, 0.2) is 85.9 Å². The number of hydrogen-bond acceptors (Lipinski definition) is 4. The summed E-state index contributed by atoms with van der Waals surface area (Å²) < 4.78 is 15.2. The molecule has 1 aliphatic rings. The van der Waals surface area contributed by atoms with Crippen LogP contribution in [0.3, 0.4) is 0 Å². The van der Waals surface area contributed by atoms with Crippen LogP contribution in [-0.4, -0.2) is 28.0 Å². The first kappa shape index (κ1) is 26.6. The van der Waals surface area contributed by atoms with E-state index in [1.54, 1.807) is 18.5 Å². The van der Waals surface area contributed by atoms with Crippen molar-refractivity contribution in [3.8, 4) is 0 Å². The van der Waals surface area contributed by atoms with Gasteiger partial charge in [-0.15, -0.1) is 0 Å². The zero-order valence-corrected chi connectivity index (χ0v) is 23.0. The molecule has 5 rings (SSSR count). The van der Waals surface area contributed by atoms with E-state index in [-0.39, 0.29) is 5.82 Å². The van der Waals surface area contributed by atoms with Gasteiger partial charge in [-0.05, 0) is 97.5 Å². The number of anilines is 2. The fourth-order valence-corrected chi connectivity index (χ4v) is 5.63. The predicted octanol–water partition coefficient (Wildman–Crippen LogP) is 7.93. The van der Waals surface area contributed by atoms with Crippen LogP contribution in [0.2, 0.25) is 0 Å². The number of nitrogens with one attached hydrogen (secondary N) is 1. The molecule has 0 unspecified atom stereocenters. The number of fused-ring (bicyclic) bond motifs is 1. The van der Waals surface area contributed by atoms with Crippen molar-refractivity contribution >= 4 is 22.4 Å². The van der Waals surface area contributed by atoms with Crippen molar-refractivity contribution in [2.45, 2.75) is 46.0 Å². The van der Waals surface area contributed by atoms with Crippen LogP contribution in [-0.2, 0) is 19.3 Å². The van der Waals surface area contributed by atoms with Gasteiger partial charge in [-0.25, -0.2) is 14.4 Å². The predicted molar refractivity (Wildman–Crippen MR) is 160 cm³/mol. The fraction of sp³-hybridized carbons (Fsp3) is 0.294. The molecule has 3 aromatic carbocycles. The standard InChI is InChI=1S/C34H37FN4/c1-5-24(4)39-14-12-25(13-15-39)18-29-20-30-33(21-28(29)6-2)36-22-37-34(30)38-32-11-10-27(19-31(32)35)17-26-9-7-8-23(3)16-26/h5,7-11,16,19-22,25H,1,4,6,12-15,17-18H2,2-3H3,(H,36,37,38). The summed E-state index contributed by atoms with van der Waals surface area (Å²) in [6.07, 6.45) is 8.31. The summed E-state index contributed by atoms with van der Waals surface area (Å²) in [6.45, 7) is 14.3. The molecular weight excluding hydrogens is 483 g/mol. The minimum Gasteiger partial charge on any atom is -0.372 e. The second-order valence-electron chi connectivity index (χ2n) is 10.6. The first-order valence-electron chi connectivity index (χ1n) is 13.9. The molecule has 0 aliphatic carbocycles. The Labute approximate surface area is 231 Å². The molecule has 0 radical (unpaired) electrons. The van der Waals surface area contributed by atoms with Gasteiger partial charge in [0.05, 0.1) is 11.2 Å². The number of allylic oxidation sites excluding steroid dienone is 1. The molecule has 39 heavy (non-hydrogen) atoms. The highest BCUT2D eigenvalue weighted by Crippen LogP contribution is 2.31. The molecule has 1 fully saturated rings. The average molecular weight is 521 g/mol. The second-order valence-corrected chi connectivity index (χ2v) is 10.6. The van der Waals surface area contributed by atoms with Crippen LogP contribution in [0, 0.1) is 18.7 Å². The van der Waals surface area contributed by atoms with Crippen molar-refractivity contribution in [1.29, 1.82) is 0 Å². The summed E-state index contributed by atoms with van der Waals surface area (Å²) >= 11 is 0. The molecule has 1 aliphatic heterocycles. The Balaban J connectivity index is 1.36. The van der Waals surface area contributed by atoms with Gasteiger partial charge in [-0.3, -0.25) is 0 Å². The highest BCUT2D eigenvalue weighted by atomic mass is 19.1. The van der Waals surface area contributed by atoms with Gasteiger partial charge >= 0.3 is 0 Å². The lowest BCUT2D eigenvalue weighted by molar-refractivity contribution is 0.231. The van der Waals surface area contributed by atoms with Crippen molar-refractivity contribution in [2.24, 2.45) is 5.92 Å². The minimum absolute atomic E-state index is 0.287. The van der Waals surface area contributed by atoms with Gasteiger partial charge in [0.1, 0.15) is 18.0 Å². The Kier molecular flexibility index (Phi) is 8.06. The monoisotopic (exact) mass is 520 g/mol. The first-order valence-corrected chi connectivity index (χ1v) is 13.9. The number of nitrogens with zero attached hydrogens (tertiary/aromatic N) is 3. The van der Waals surface area contributed by atoms with E-state index in [2.05, 4.69) is 77.5 Å². The van der Waals surface area contributed by atoms with Gasteiger partial charge < -0.3 is 10.2 Å². The maximum absolute atomic E-state index is 15.2. The lowest BCUT2D eigenvalue weighted by atomic mass is 9.87. The highest BCUT2D eigenvalue weighted by Gasteiger charge is 2.21. The van der Waals surface area contributed by atoms with Crippen LogP contribution in [0.5, 0.6) is 0 Å². The number of aromatic nitrogens is 2. The van der Waals surface area contributed by atoms with Gasteiger partial charge in [-0.2, -0.15) is 0 Å². The number of rotatable bonds is 9. The maximum Gasteiger partial charge on any atom is 0.146 e. The third-order valence-corrected chi connectivity index (χ3v) is 7.88. The Hall–Kier alpha value is -3.99. The molecule has 0 bridgehead atoms. The van der Waals surface area contributed by atoms with Crippen molar-refractivity contribution in [2.75, 3.05) is 18.4 Å².